The Kier molecular flexibility index (Phi) is 5.97. The van der Waals surface area contributed by atoms with Gasteiger partial charge >= 0.3 is 0 Å². The average Bonchev–Trinajstić information content (AvgIpc) is 2.59. The van der Waals surface area contributed by atoms with E-state index in [-0.39, 0.29) is 21.7 Å². The van der Waals surface area contributed by atoms with Crippen LogP contribution in [0.5, 0.6) is 0 Å². The van der Waals surface area contributed by atoms with Crippen molar-refractivity contribution in [3.8, 4) is 0 Å². The minimum Gasteiger partial charge on any atom is -0.293 e. The van der Waals surface area contributed by atoms with Crippen molar-refractivity contribution in [2.45, 2.75) is 18.9 Å². The molecule has 0 aliphatic heterocycles. The molecule has 1 aromatic heterocycles. The summed E-state index contributed by atoms with van der Waals surface area (Å²) in [5.41, 5.74) is 1.71. The fourth-order valence-corrected chi connectivity index (χ4v) is 3.60. The van der Waals surface area contributed by atoms with Crippen molar-refractivity contribution in [3.05, 3.63) is 53.7 Å². The standard InChI is InChI=1S/C17H18N2O4S2/c1-12-4-9-17(18-10-12)25(22,23)19(3)15-7-5-14(6-8-15)16(21)11-24-13(2)20/h4-10H,11H2,1-3H3. The van der Waals surface area contributed by atoms with Gasteiger partial charge in [-0.1, -0.05) is 17.8 Å². The van der Waals surface area contributed by atoms with Crippen LogP contribution in [0.3, 0.4) is 0 Å². The van der Waals surface area contributed by atoms with Gasteiger partial charge in [0.25, 0.3) is 10.0 Å². The largest absolute Gasteiger partial charge is 0.293 e. The fraction of sp³-hybridized carbons (Fsp3) is 0.235. The lowest BCUT2D eigenvalue weighted by Gasteiger charge is -2.19. The summed E-state index contributed by atoms with van der Waals surface area (Å²) in [6, 6.07) is 9.34. The zero-order valence-electron chi connectivity index (χ0n) is 14.1. The van der Waals surface area contributed by atoms with Crippen molar-refractivity contribution < 1.29 is 18.0 Å². The van der Waals surface area contributed by atoms with E-state index in [0.717, 1.165) is 21.6 Å². The molecule has 0 aliphatic rings. The Morgan fingerprint density at radius 3 is 2.28 bits per heavy atom. The molecule has 0 bridgehead atoms. The highest BCUT2D eigenvalue weighted by molar-refractivity contribution is 8.14. The third-order valence-electron chi connectivity index (χ3n) is 3.47. The molecule has 0 fully saturated rings. The zero-order valence-corrected chi connectivity index (χ0v) is 15.7. The smallest absolute Gasteiger partial charge is 0.281 e. The van der Waals surface area contributed by atoms with E-state index in [1.807, 2.05) is 6.92 Å². The number of anilines is 1. The van der Waals surface area contributed by atoms with Gasteiger partial charge in [0.1, 0.15) is 0 Å². The van der Waals surface area contributed by atoms with Crippen LogP contribution in [-0.4, -0.2) is 37.1 Å². The van der Waals surface area contributed by atoms with E-state index >= 15 is 0 Å². The van der Waals surface area contributed by atoms with Crippen molar-refractivity contribution in [1.29, 1.82) is 0 Å². The minimum atomic E-state index is -3.77. The lowest BCUT2D eigenvalue weighted by molar-refractivity contribution is -0.109. The molecule has 0 aliphatic carbocycles. The molecule has 2 rings (SSSR count). The average molecular weight is 378 g/mol. The van der Waals surface area contributed by atoms with Gasteiger partial charge in [0.15, 0.2) is 15.9 Å². The van der Waals surface area contributed by atoms with Crippen LogP contribution in [0.15, 0.2) is 47.6 Å². The van der Waals surface area contributed by atoms with Crippen molar-refractivity contribution in [2.75, 3.05) is 17.1 Å². The maximum atomic E-state index is 12.6. The number of aryl methyl sites for hydroxylation is 1. The predicted octanol–water partition coefficient (Wildman–Crippen LogP) is 2.68. The normalized spacial score (nSPS) is 11.2. The SMILES string of the molecule is CC(=O)SCC(=O)c1ccc(N(C)S(=O)(=O)c2ccc(C)cn2)cc1. The Morgan fingerprint density at radius 1 is 1.12 bits per heavy atom. The molecule has 0 atom stereocenters. The molecule has 0 saturated heterocycles. The van der Waals surface area contributed by atoms with Crippen LogP contribution >= 0.6 is 11.8 Å². The van der Waals surface area contributed by atoms with Crippen LogP contribution < -0.4 is 4.31 Å². The lowest BCUT2D eigenvalue weighted by Crippen LogP contribution is -2.27. The van der Waals surface area contributed by atoms with Crippen molar-refractivity contribution in [3.63, 3.8) is 0 Å². The van der Waals surface area contributed by atoms with E-state index in [4.69, 9.17) is 0 Å². The second kappa shape index (κ2) is 7.79. The molecule has 8 heteroatoms. The zero-order chi connectivity index (χ0) is 18.6. The molecule has 1 aromatic carbocycles. The number of hydrogen-bond acceptors (Lipinski definition) is 6. The molecule has 6 nitrogen and oxygen atoms in total. The molecule has 0 radical (unpaired) electrons. The van der Waals surface area contributed by atoms with E-state index in [0.29, 0.717) is 11.3 Å². The predicted molar refractivity (Wildman–Crippen MR) is 98.5 cm³/mol. The van der Waals surface area contributed by atoms with Gasteiger partial charge in [-0.15, -0.1) is 0 Å². The number of carbonyl (C=O) groups excluding carboxylic acids is 2. The summed E-state index contributed by atoms with van der Waals surface area (Å²) in [5.74, 6) is -0.117. The van der Waals surface area contributed by atoms with Crippen LogP contribution in [0.4, 0.5) is 5.69 Å². The Balaban J connectivity index is 2.19. The third kappa shape index (κ3) is 4.67. The number of pyridine rings is 1. The Hall–Kier alpha value is -2.19. The van der Waals surface area contributed by atoms with Crippen LogP contribution in [0.25, 0.3) is 0 Å². The number of Topliss-reactive ketones (excluding diaryl/α,β-unsaturated/α-hetero) is 1. The number of rotatable bonds is 6. The summed E-state index contributed by atoms with van der Waals surface area (Å²) in [5, 5.41) is -0.167. The molecule has 0 unspecified atom stereocenters. The third-order valence-corrected chi connectivity index (χ3v) is 5.98. The Bertz CT molecular complexity index is 876. The number of ketones is 1. The van der Waals surface area contributed by atoms with Gasteiger partial charge in [-0.25, -0.2) is 4.98 Å². The van der Waals surface area contributed by atoms with Gasteiger partial charge in [-0.3, -0.25) is 13.9 Å². The Labute approximate surface area is 151 Å². The summed E-state index contributed by atoms with van der Waals surface area (Å²) in [6.45, 7) is 3.23. The molecule has 25 heavy (non-hydrogen) atoms. The maximum absolute atomic E-state index is 12.6. The summed E-state index contributed by atoms with van der Waals surface area (Å²) in [6.07, 6.45) is 1.50. The molecular weight excluding hydrogens is 360 g/mol. The number of nitrogens with zero attached hydrogens (tertiary/aromatic N) is 2. The van der Waals surface area contributed by atoms with E-state index in [2.05, 4.69) is 4.98 Å². The second-order valence-corrected chi connectivity index (χ2v) is 8.47. The van der Waals surface area contributed by atoms with Crippen LogP contribution in [-0.2, 0) is 14.8 Å². The Morgan fingerprint density at radius 2 is 1.76 bits per heavy atom. The van der Waals surface area contributed by atoms with Crippen LogP contribution in [0.2, 0.25) is 0 Å². The quantitative estimate of drug-likeness (QED) is 0.719. The van der Waals surface area contributed by atoms with Gasteiger partial charge in [0, 0.05) is 25.7 Å². The van der Waals surface area contributed by atoms with Gasteiger partial charge in [-0.05, 0) is 42.8 Å². The summed E-state index contributed by atoms with van der Waals surface area (Å²) in [4.78, 5) is 26.9. The molecule has 0 saturated carbocycles. The van der Waals surface area contributed by atoms with Gasteiger partial charge < -0.3 is 0 Å². The molecular formula is C17H18N2O4S2. The highest BCUT2D eigenvalue weighted by Gasteiger charge is 2.22. The first-order valence-electron chi connectivity index (χ1n) is 7.40. The summed E-state index contributed by atoms with van der Waals surface area (Å²) in [7, 11) is -2.34. The second-order valence-electron chi connectivity index (χ2n) is 5.40. The van der Waals surface area contributed by atoms with E-state index < -0.39 is 10.0 Å². The van der Waals surface area contributed by atoms with Gasteiger partial charge in [-0.2, -0.15) is 8.42 Å². The summed E-state index contributed by atoms with van der Waals surface area (Å²) >= 11 is 0.944. The molecule has 0 N–H and O–H groups in total. The first kappa shape index (κ1) is 19.1. The van der Waals surface area contributed by atoms with Gasteiger partial charge in [0.2, 0.25) is 0 Å². The molecule has 0 amide bonds. The van der Waals surface area contributed by atoms with Crippen molar-refractivity contribution in [2.24, 2.45) is 0 Å². The van der Waals surface area contributed by atoms with E-state index in [9.17, 15) is 18.0 Å². The number of carbonyl (C=O) groups is 2. The first-order chi connectivity index (χ1) is 11.7. The maximum Gasteiger partial charge on any atom is 0.281 e. The molecule has 1 heterocycles. The molecule has 132 valence electrons. The van der Waals surface area contributed by atoms with E-state index in [1.54, 1.807) is 30.3 Å². The van der Waals surface area contributed by atoms with E-state index in [1.165, 1.54) is 26.2 Å². The first-order valence-corrected chi connectivity index (χ1v) is 9.82. The summed E-state index contributed by atoms with van der Waals surface area (Å²) < 4.78 is 26.3. The van der Waals surface area contributed by atoms with Crippen LogP contribution in [0.1, 0.15) is 22.8 Å². The highest BCUT2D eigenvalue weighted by atomic mass is 32.2. The molecule has 0 spiro atoms. The van der Waals surface area contributed by atoms with Crippen molar-refractivity contribution in [1.82, 2.24) is 4.98 Å². The highest BCUT2D eigenvalue weighted by Crippen LogP contribution is 2.22. The monoisotopic (exact) mass is 378 g/mol. The van der Waals surface area contributed by atoms with Gasteiger partial charge in [0.05, 0.1) is 11.4 Å². The number of hydrogen-bond donors (Lipinski definition) is 0. The number of benzene rings is 1. The van der Waals surface area contributed by atoms with Crippen LogP contribution in [0, 0.1) is 6.92 Å². The lowest BCUT2D eigenvalue weighted by atomic mass is 10.1. The topological polar surface area (TPSA) is 84.4 Å². The fourth-order valence-electron chi connectivity index (χ4n) is 1.99. The number of sulfonamides is 1. The molecule has 2 aromatic rings. The number of thioether (sulfide) groups is 1. The van der Waals surface area contributed by atoms with Crippen molar-refractivity contribution >= 4 is 38.4 Å². The number of aromatic nitrogens is 1. The minimum absolute atomic E-state index is 0.0430.